The molecule has 1 atom stereocenters. The van der Waals surface area contributed by atoms with E-state index in [1.54, 1.807) is 43.3 Å². The number of carbonyl (C=O) groups is 2. The van der Waals surface area contributed by atoms with Gasteiger partial charge in [-0.1, -0.05) is 53.9 Å². The molecule has 210 valence electrons. The van der Waals surface area contributed by atoms with Crippen LogP contribution < -0.4 is 9.62 Å². The van der Waals surface area contributed by atoms with Gasteiger partial charge in [-0.25, -0.2) is 8.42 Å². The Kier molecular flexibility index (Phi) is 11.3. The molecule has 0 spiro atoms. The van der Waals surface area contributed by atoms with E-state index in [2.05, 4.69) is 5.32 Å². The lowest BCUT2D eigenvalue weighted by molar-refractivity contribution is -0.142. The van der Waals surface area contributed by atoms with Gasteiger partial charge in [0.25, 0.3) is 0 Å². The number of benzene rings is 2. The molecule has 2 aromatic rings. The first-order valence-corrected chi connectivity index (χ1v) is 15.3. The maximum atomic E-state index is 13.6. The summed E-state index contributed by atoms with van der Waals surface area (Å²) in [6.07, 6.45) is 1.79. The third-order valence-electron chi connectivity index (χ3n) is 5.88. The van der Waals surface area contributed by atoms with Gasteiger partial charge >= 0.3 is 0 Å². The van der Waals surface area contributed by atoms with Gasteiger partial charge in [0.2, 0.25) is 21.8 Å². The first kappa shape index (κ1) is 32.2. The maximum Gasteiger partial charge on any atom is 0.243 e. The standard InChI is InChI=1S/C27H36Cl3N3O4S/c1-7-23(26(35)31-27(3,4)5)32(17-19-13-14-21(29)22(30)16-19)25(34)12-9-15-33(38(6,36)37)24-11-8-10-20(28)18(24)2/h8,10-11,13-14,16,23H,7,9,12,15,17H2,1-6H3,(H,31,35)/t23-/m0/s1. The highest BCUT2D eigenvalue weighted by Crippen LogP contribution is 2.29. The lowest BCUT2D eigenvalue weighted by Gasteiger charge is -2.33. The molecule has 0 fully saturated rings. The molecule has 0 aliphatic heterocycles. The van der Waals surface area contributed by atoms with E-state index in [-0.39, 0.29) is 37.7 Å². The Balaban J connectivity index is 2.30. The van der Waals surface area contributed by atoms with Crippen LogP contribution in [0.5, 0.6) is 0 Å². The fourth-order valence-corrected chi connectivity index (χ4v) is 5.56. The Labute approximate surface area is 241 Å². The predicted octanol–water partition coefficient (Wildman–Crippen LogP) is 6.22. The van der Waals surface area contributed by atoms with Gasteiger partial charge < -0.3 is 10.2 Å². The van der Waals surface area contributed by atoms with Crippen molar-refractivity contribution in [3.05, 3.63) is 62.6 Å². The highest BCUT2D eigenvalue weighted by Gasteiger charge is 2.31. The van der Waals surface area contributed by atoms with Gasteiger partial charge in [-0.3, -0.25) is 13.9 Å². The Morgan fingerprint density at radius 1 is 1.03 bits per heavy atom. The second-order valence-corrected chi connectivity index (χ2v) is 13.4. The van der Waals surface area contributed by atoms with E-state index in [0.29, 0.717) is 32.7 Å². The van der Waals surface area contributed by atoms with Crippen molar-refractivity contribution in [2.24, 2.45) is 0 Å². The quantitative estimate of drug-likeness (QED) is 0.330. The van der Waals surface area contributed by atoms with E-state index in [1.165, 1.54) is 9.21 Å². The minimum atomic E-state index is -3.63. The van der Waals surface area contributed by atoms with Crippen LogP contribution in [0.4, 0.5) is 5.69 Å². The summed E-state index contributed by atoms with van der Waals surface area (Å²) < 4.78 is 26.4. The van der Waals surface area contributed by atoms with Crippen molar-refractivity contribution in [3.8, 4) is 0 Å². The van der Waals surface area contributed by atoms with Crippen molar-refractivity contribution in [1.29, 1.82) is 0 Å². The molecule has 0 bridgehead atoms. The van der Waals surface area contributed by atoms with Crippen LogP contribution in [0.15, 0.2) is 36.4 Å². The topological polar surface area (TPSA) is 86.8 Å². The Bertz CT molecular complexity index is 1260. The molecular formula is C27H36Cl3N3O4S. The Morgan fingerprint density at radius 3 is 2.24 bits per heavy atom. The fourth-order valence-electron chi connectivity index (χ4n) is 4.06. The van der Waals surface area contributed by atoms with Gasteiger partial charge in [0.1, 0.15) is 6.04 Å². The van der Waals surface area contributed by atoms with Gasteiger partial charge in [0.05, 0.1) is 22.0 Å². The summed E-state index contributed by atoms with van der Waals surface area (Å²) in [4.78, 5) is 28.2. The van der Waals surface area contributed by atoms with E-state index in [9.17, 15) is 18.0 Å². The third-order valence-corrected chi connectivity index (χ3v) is 8.21. The van der Waals surface area contributed by atoms with E-state index in [4.69, 9.17) is 34.8 Å². The number of halogens is 3. The fraction of sp³-hybridized carbons (Fsp3) is 0.481. The van der Waals surface area contributed by atoms with Crippen molar-refractivity contribution >= 4 is 62.3 Å². The number of sulfonamides is 1. The molecular weight excluding hydrogens is 569 g/mol. The van der Waals surface area contributed by atoms with Crippen molar-refractivity contribution in [1.82, 2.24) is 10.2 Å². The zero-order valence-electron chi connectivity index (χ0n) is 22.6. The second kappa shape index (κ2) is 13.4. The smallest absolute Gasteiger partial charge is 0.243 e. The molecule has 0 radical (unpaired) electrons. The summed E-state index contributed by atoms with van der Waals surface area (Å²) in [5.41, 5.74) is 1.35. The zero-order valence-corrected chi connectivity index (χ0v) is 25.7. The summed E-state index contributed by atoms with van der Waals surface area (Å²) in [7, 11) is -3.63. The van der Waals surface area contributed by atoms with Crippen molar-refractivity contribution in [2.75, 3.05) is 17.1 Å². The lowest BCUT2D eigenvalue weighted by Crippen LogP contribution is -2.53. The molecule has 0 unspecified atom stereocenters. The van der Waals surface area contributed by atoms with Crippen LogP contribution in [-0.2, 0) is 26.2 Å². The van der Waals surface area contributed by atoms with Crippen LogP contribution in [0.1, 0.15) is 58.1 Å². The second-order valence-electron chi connectivity index (χ2n) is 10.3. The van der Waals surface area contributed by atoms with Crippen molar-refractivity contribution in [3.63, 3.8) is 0 Å². The molecule has 0 aromatic heterocycles. The SMILES string of the molecule is CC[C@@H](C(=O)NC(C)(C)C)N(Cc1ccc(Cl)c(Cl)c1)C(=O)CCCN(c1cccc(Cl)c1C)S(C)(=O)=O. The van der Waals surface area contributed by atoms with Crippen LogP contribution in [-0.4, -0.2) is 49.5 Å². The molecule has 11 heteroatoms. The largest absolute Gasteiger partial charge is 0.350 e. The van der Waals surface area contributed by atoms with Crippen molar-refractivity contribution in [2.45, 2.75) is 72.0 Å². The number of nitrogens with one attached hydrogen (secondary N) is 1. The highest BCUT2D eigenvalue weighted by atomic mass is 35.5. The molecule has 2 rings (SSSR count). The van der Waals surface area contributed by atoms with Gasteiger partial charge in [-0.05, 0) is 75.9 Å². The zero-order chi connectivity index (χ0) is 28.8. The van der Waals surface area contributed by atoms with Crippen LogP contribution in [0.25, 0.3) is 0 Å². The molecule has 0 heterocycles. The van der Waals surface area contributed by atoms with E-state index >= 15 is 0 Å². The average Bonchev–Trinajstić information content (AvgIpc) is 2.79. The van der Waals surface area contributed by atoms with Gasteiger partial charge in [0.15, 0.2) is 0 Å². The molecule has 1 N–H and O–H groups in total. The number of hydrogen-bond donors (Lipinski definition) is 1. The van der Waals surface area contributed by atoms with E-state index in [1.807, 2.05) is 27.7 Å². The molecule has 2 aromatic carbocycles. The number of rotatable bonds is 11. The van der Waals surface area contributed by atoms with Crippen LogP contribution in [0.2, 0.25) is 15.1 Å². The number of amides is 2. The normalized spacial score (nSPS) is 12.7. The summed E-state index contributed by atoms with van der Waals surface area (Å²) in [5, 5.41) is 4.16. The predicted molar refractivity (Wildman–Crippen MR) is 157 cm³/mol. The monoisotopic (exact) mass is 603 g/mol. The lowest BCUT2D eigenvalue weighted by atomic mass is 10.0. The molecule has 0 saturated heterocycles. The van der Waals surface area contributed by atoms with Crippen LogP contribution in [0.3, 0.4) is 0 Å². The molecule has 0 saturated carbocycles. The van der Waals surface area contributed by atoms with Gasteiger partial charge in [0, 0.05) is 30.1 Å². The number of nitrogens with zero attached hydrogens (tertiary/aromatic N) is 2. The van der Waals surface area contributed by atoms with E-state index in [0.717, 1.165) is 11.8 Å². The first-order chi connectivity index (χ1) is 17.5. The Morgan fingerprint density at radius 2 is 1.68 bits per heavy atom. The number of carbonyl (C=O) groups excluding carboxylic acids is 2. The van der Waals surface area contributed by atoms with Crippen molar-refractivity contribution < 1.29 is 18.0 Å². The third kappa shape index (κ3) is 9.04. The van der Waals surface area contributed by atoms with E-state index < -0.39 is 21.6 Å². The molecule has 0 aliphatic rings. The van der Waals surface area contributed by atoms with Gasteiger partial charge in [-0.2, -0.15) is 0 Å². The Hall–Kier alpha value is -2.00. The minimum Gasteiger partial charge on any atom is -0.350 e. The summed E-state index contributed by atoms with van der Waals surface area (Å²) in [5.74, 6) is -0.538. The summed E-state index contributed by atoms with van der Waals surface area (Å²) >= 11 is 18.5. The minimum absolute atomic E-state index is 0.0340. The van der Waals surface area contributed by atoms with Crippen LogP contribution >= 0.6 is 34.8 Å². The number of hydrogen-bond acceptors (Lipinski definition) is 4. The van der Waals surface area contributed by atoms with Crippen LogP contribution in [0, 0.1) is 6.92 Å². The molecule has 0 aliphatic carbocycles. The molecule has 38 heavy (non-hydrogen) atoms. The highest BCUT2D eigenvalue weighted by molar-refractivity contribution is 7.92. The first-order valence-electron chi connectivity index (χ1n) is 12.3. The average molecular weight is 605 g/mol. The maximum absolute atomic E-state index is 13.6. The molecule has 7 nitrogen and oxygen atoms in total. The summed E-state index contributed by atoms with van der Waals surface area (Å²) in [6, 6.07) is 9.42. The number of anilines is 1. The molecule has 2 amide bonds. The van der Waals surface area contributed by atoms with Gasteiger partial charge in [-0.15, -0.1) is 0 Å². The summed E-state index contributed by atoms with van der Waals surface area (Å²) in [6.45, 7) is 9.45.